The van der Waals surface area contributed by atoms with Gasteiger partial charge in [-0.25, -0.2) is 0 Å². The van der Waals surface area contributed by atoms with Crippen LogP contribution in [0, 0.1) is 11.8 Å². The maximum Gasteiger partial charge on any atom is 0.0897 e. The van der Waals surface area contributed by atoms with Crippen LogP contribution in [0.1, 0.15) is 65.2 Å². The monoisotopic (exact) mass is 283 g/mol. The number of aliphatic hydroxyl groups excluding tert-OH is 1. The van der Waals surface area contributed by atoms with Crippen LogP contribution in [-0.2, 0) is 4.74 Å². The zero-order valence-corrected chi connectivity index (χ0v) is 13.3. The van der Waals surface area contributed by atoms with Crippen LogP contribution in [-0.4, -0.2) is 36.5 Å². The van der Waals surface area contributed by atoms with Gasteiger partial charge in [-0.3, -0.25) is 0 Å². The molecule has 3 atom stereocenters. The summed E-state index contributed by atoms with van der Waals surface area (Å²) in [5.74, 6) is 1.67. The molecule has 0 aromatic rings. The molecule has 2 N–H and O–H groups in total. The Morgan fingerprint density at radius 1 is 1.05 bits per heavy atom. The Labute approximate surface area is 124 Å². The van der Waals surface area contributed by atoms with Crippen molar-refractivity contribution in [3.8, 4) is 0 Å². The van der Waals surface area contributed by atoms with Gasteiger partial charge in [0.05, 0.1) is 18.8 Å². The fourth-order valence-corrected chi connectivity index (χ4v) is 3.60. The van der Waals surface area contributed by atoms with Gasteiger partial charge in [0, 0.05) is 12.6 Å². The lowest BCUT2D eigenvalue weighted by Gasteiger charge is -2.29. The zero-order chi connectivity index (χ0) is 14.4. The van der Waals surface area contributed by atoms with Gasteiger partial charge in [-0.2, -0.15) is 0 Å². The van der Waals surface area contributed by atoms with Crippen molar-refractivity contribution < 1.29 is 9.84 Å². The SMILES string of the molecule is CC1CCC(NCC(O)COC2CCCC(C)C2)CC1. The van der Waals surface area contributed by atoms with Gasteiger partial charge in [0.15, 0.2) is 0 Å². The van der Waals surface area contributed by atoms with Crippen molar-refractivity contribution >= 4 is 0 Å². The molecule has 3 heteroatoms. The van der Waals surface area contributed by atoms with E-state index in [0.717, 1.165) is 11.8 Å². The lowest BCUT2D eigenvalue weighted by molar-refractivity contribution is -0.0314. The van der Waals surface area contributed by atoms with Crippen molar-refractivity contribution in [3.63, 3.8) is 0 Å². The molecule has 2 aliphatic carbocycles. The smallest absolute Gasteiger partial charge is 0.0897 e. The van der Waals surface area contributed by atoms with Gasteiger partial charge in [-0.15, -0.1) is 0 Å². The Morgan fingerprint density at radius 3 is 2.50 bits per heavy atom. The van der Waals surface area contributed by atoms with Crippen molar-refractivity contribution in [2.45, 2.75) is 83.5 Å². The van der Waals surface area contributed by atoms with Crippen LogP contribution in [0.2, 0.25) is 0 Å². The summed E-state index contributed by atoms with van der Waals surface area (Å²) in [5.41, 5.74) is 0. The molecule has 3 unspecified atom stereocenters. The van der Waals surface area contributed by atoms with E-state index in [0.29, 0.717) is 25.3 Å². The second kappa shape index (κ2) is 8.35. The molecule has 0 bridgehead atoms. The summed E-state index contributed by atoms with van der Waals surface area (Å²) in [5, 5.41) is 13.5. The van der Waals surface area contributed by atoms with Crippen molar-refractivity contribution in [1.82, 2.24) is 5.32 Å². The summed E-state index contributed by atoms with van der Waals surface area (Å²) >= 11 is 0. The summed E-state index contributed by atoms with van der Waals surface area (Å²) in [4.78, 5) is 0. The molecule has 0 saturated heterocycles. The van der Waals surface area contributed by atoms with Gasteiger partial charge in [-0.05, 0) is 50.4 Å². The largest absolute Gasteiger partial charge is 0.389 e. The van der Waals surface area contributed by atoms with Gasteiger partial charge in [0.25, 0.3) is 0 Å². The first-order chi connectivity index (χ1) is 9.63. The topological polar surface area (TPSA) is 41.5 Å². The van der Waals surface area contributed by atoms with E-state index in [1.807, 2.05) is 0 Å². The Morgan fingerprint density at radius 2 is 1.80 bits per heavy atom. The normalized spacial score (nSPS) is 36.8. The molecule has 0 radical (unpaired) electrons. The minimum atomic E-state index is -0.355. The minimum Gasteiger partial charge on any atom is -0.389 e. The molecule has 0 aromatic carbocycles. The minimum absolute atomic E-state index is 0.355. The Bertz CT molecular complexity index is 264. The third-order valence-electron chi connectivity index (χ3n) is 5.07. The van der Waals surface area contributed by atoms with E-state index in [4.69, 9.17) is 4.74 Å². The lowest BCUT2D eigenvalue weighted by atomic mass is 9.87. The number of aliphatic hydroxyl groups is 1. The fraction of sp³-hybridized carbons (Fsp3) is 1.00. The first-order valence-electron chi connectivity index (χ1n) is 8.66. The molecule has 0 aliphatic heterocycles. The highest BCUT2D eigenvalue weighted by Gasteiger charge is 2.21. The number of nitrogens with one attached hydrogen (secondary N) is 1. The number of hydrogen-bond donors (Lipinski definition) is 2. The molecule has 0 amide bonds. The molecular formula is C17H33NO2. The van der Waals surface area contributed by atoms with E-state index in [-0.39, 0.29) is 6.10 Å². The molecule has 3 nitrogen and oxygen atoms in total. The van der Waals surface area contributed by atoms with Crippen LogP contribution in [0.25, 0.3) is 0 Å². The second-order valence-corrected chi connectivity index (χ2v) is 7.25. The van der Waals surface area contributed by atoms with Gasteiger partial charge in [0.1, 0.15) is 0 Å². The predicted octanol–water partition coefficient (Wildman–Crippen LogP) is 3.11. The maximum absolute atomic E-state index is 10.0. The van der Waals surface area contributed by atoms with Crippen molar-refractivity contribution in [3.05, 3.63) is 0 Å². The number of rotatable bonds is 6. The van der Waals surface area contributed by atoms with Gasteiger partial charge in [-0.1, -0.05) is 26.7 Å². The lowest BCUT2D eigenvalue weighted by Crippen LogP contribution is -2.40. The Hall–Kier alpha value is -0.120. The van der Waals surface area contributed by atoms with Crippen molar-refractivity contribution in [2.75, 3.05) is 13.2 Å². The van der Waals surface area contributed by atoms with Crippen LogP contribution in [0.15, 0.2) is 0 Å². The molecule has 2 saturated carbocycles. The van der Waals surface area contributed by atoms with Crippen molar-refractivity contribution in [2.24, 2.45) is 11.8 Å². The molecular weight excluding hydrogens is 250 g/mol. The van der Waals surface area contributed by atoms with E-state index < -0.39 is 0 Å². The maximum atomic E-state index is 10.0. The molecule has 0 aromatic heterocycles. The molecule has 118 valence electrons. The van der Waals surface area contributed by atoms with Gasteiger partial charge in [0.2, 0.25) is 0 Å². The van der Waals surface area contributed by atoms with Crippen LogP contribution < -0.4 is 5.32 Å². The van der Waals surface area contributed by atoms with Crippen molar-refractivity contribution in [1.29, 1.82) is 0 Å². The average Bonchev–Trinajstić information content (AvgIpc) is 2.45. The highest BCUT2D eigenvalue weighted by atomic mass is 16.5. The van der Waals surface area contributed by atoms with Crippen LogP contribution in [0.3, 0.4) is 0 Å². The predicted molar refractivity (Wildman–Crippen MR) is 82.8 cm³/mol. The number of hydrogen-bond acceptors (Lipinski definition) is 3. The second-order valence-electron chi connectivity index (χ2n) is 7.25. The Balaban J connectivity index is 1.55. The van der Waals surface area contributed by atoms with Crippen LogP contribution in [0.4, 0.5) is 0 Å². The van der Waals surface area contributed by atoms with Gasteiger partial charge >= 0.3 is 0 Å². The number of ether oxygens (including phenoxy) is 1. The average molecular weight is 283 g/mol. The summed E-state index contributed by atoms with van der Waals surface area (Å²) in [6.45, 7) is 5.82. The summed E-state index contributed by atoms with van der Waals surface area (Å²) < 4.78 is 5.88. The van der Waals surface area contributed by atoms with E-state index in [1.54, 1.807) is 0 Å². The summed E-state index contributed by atoms with van der Waals surface area (Å²) in [6.07, 6.45) is 10.1. The quantitative estimate of drug-likeness (QED) is 0.787. The molecule has 0 spiro atoms. The third-order valence-corrected chi connectivity index (χ3v) is 5.07. The van der Waals surface area contributed by atoms with Gasteiger partial charge < -0.3 is 15.2 Å². The molecule has 2 aliphatic rings. The van der Waals surface area contributed by atoms with E-state index >= 15 is 0 Å². The van der Waals surface area contributed by atoms with E-state index in [9.17, 15) is 5.11 Å². The summed E-state index contributed by atoms with van der Waals surface area (Å²) in [6, 6.07) is 0.607. The van der Waals surface area contributed by atoms with E-state index in [1.165, 1.54) is 51.4 Å². The molecule has 0 heterocycles. The molecule has 20 heavy (non-hydrogen) atoms. The first kappa shape index (κ1) is 16.3. The molecule has 2 rings (SSSR count). The Kier molecular flexibility index (Phi) is 6.79. The summed E-state index contributed by atoms with van der Waals surface area (Å²) in [7, 11) is 0. The fourth-order valence-electron chi connectivity index (χ4n) is 3.60. The standard InChI is InChI=1S/C17H33NO2/c1-13-6-8-15(9-7-13)18-11-16(19)12-20-17-5-3-4-14(2)10-17/h13-19H,3-12H2,1-2H3. The zero-order valence-electron chi connectivity index (χ0n) is 13.3. The third kappa shape index (κ3) is 5.71. The van der Waals surface area contributed by atoms with Crippen LogP contribution >= 0.6 is 0 Å². The highest BCUT2D eigenvalue weighted by molar-refractivity contribution is 4.77. The highest BCUT2D eigenvalue weighted by Crippen LogP contribution is 2.26. The van der Waals surface area contributed by atoms with Crippen LogP contribution in [0.5, 0.6) is 0 Å². The molecule has 2 fully saturated rings. The van der Waals surface area contributed by atoms with E-state index in [2.05, 4.69) is 19.2 Å². The first-order valence-corrected chi connectivity index (χ1v) is 8.66.